The van der Waals surface area contributed by atoms with E-state index in [1.54, 1.807) is 11.3 Å². The minimum atomic E-state index is 0. The number of piperazine rings is 1. The molecule has 1 aliphatic heterocycles. The van der Waals surface area contributed by atoms with Crippen molar-refractivity contribution in [3.05, 3.63) is 53.7 Å². The van der Waals surface area contributed by atoms with E-state index < -0.39 is 0 Å². The van der Waals surface area contributed by atoms with Crippen LogP contribution in [0.5, 0.6) is 0 Å². The van der Waals surface area contributed by atoms with Crippen LogP contribution in [0.3, 0.4) is 0 Å². The molecule has 3 aromatic heterocycles. The summed E-state index contributed by atoms with van der Waals surface area (Å²) in [6.07, 6.45) is 7.66. The van der Waals surface area contributed by atoms with Gasteiger partial charge in [0.25, 0.3) is 0 Å². The van der Waals surface area contributed by atoms with Crippen LogP contribution in [0.4, 0.5) is 0 Å². The lowest BCUT2D eigenvalue weighted by atomic mass is 10.1. The Kier molecular flexibility index (Phi) is 5.80. The number of pyridine rings is 1. The average Bonchev–Trinajstić information content (AvgIpc) is 3.25. The third-order valence-electron chi connectivity index (χ3n) is 4.31. The normalized spacial score (nSPS) is 18.0. The van der Waals surface area contributed by atoms with Crippen molar-refractivity contribution in [2.75, 3.05) is 19.6 Å². The van der Waals surface area contributed by atoms with Crippen LogP contribution in [0.2, 0.25) is 0 Å². The molecule has 0 aliphatic carbocycles. The molecule has 4 heterocycles. The molecule has 6 nitrogen and oxygen atoms in total. The predicted octanol–water partition coefficient (Wildman–Crippen LogP) is 2.51. The monoisotopic (exact) mass is 376 g/mol. The van der Waals surface area contributed by atoms with Gasteiger partial charge in [-0.1, -0.05) is 6.07 Å². The highest BCUT2D eigenvalue weighted by Crippen LogP contribution is 2.27. The van der Waals surface area contributed by atoms with E-state index in [1.807, 2.05) is 43.0 Å². The van der Waals surface area contributed by atoms with Crippen LogP contribution in [0, 0.1) is 0 Å². The fourth-order valence-electron chi connectivity index (χ4n) is 3.08. The maximum Gasteiger partial charge on any atom is 0.142 e. The average molecular weight is 377 g/mol. The number of hydrogen-bond acceptors (Lipinski definition) is 6. The van der Waals surface area contributed by atoms with Gasteiger partial charge in [0.2, 0.25) is 0 Å². The lowest BCUT2D eigenvalue weighted by Crippen LogP contribution is -2.46. The van der Waals surface area contributed by atoms with Crippen molar-refractivity contribution in [2.24, 2.45) is 7.05 Å². The highest BCUT2D eigenvalue weighted by molar-refractivity contribution is 7.14. The molecular formula is C17H21ClN6S. The number of aromatic nitrogens is 4. The number of aryl methyl sites for hydroxylation is 1. The molecule has 4 rings (SSSR count). The van der Waals surface area contributed by atoms with Gasteiger partial charge in [-0.3, -0.25) is 9.88 Å². The number of nitrogens with zero attached hydrogens (tertiary/aromatic N) is 5. The third kappa shape index (κ3) is 3.90. The van der Waals surface area contributed by atoms with Gasteiger partial charge < -0.3 is 9.88 Å². The molecule has 1 aliphatic rings. The third-order valence-corrected chi connectivity index (χ3v) is 5.31. The second-order valence-electron chi connectivity index (χ2n) is 5.93. The molecule has 0 amide bonds. The summed E-state index contributed by atoms with van der Waals surface area (Å²) >= 11 is 1.72. The lowest BCUT2D eigenvalue weighted by Gasteiger charge is -2.35. The number of rotatable bonds is 4. The summed E-state index contributed by atoms with van der Waals surface area (Å²) in [5.74, 6) is 1.11. The van der Waals surface area contributed by atoms with Crippen molar-refractivity contribution in [1.29, 1.82) is 0 Å². The van der Waals surface area contributed by atoms with E-state index in [4.69, 9.17) is 0 Å². The van der Waals surface area contributed by atoms with Gasteiger partial charge in [0.05, 0.1) is 11.7 Å². The van der Waals surface area contributed by atoms with Gasteiger partial charge in [-0.15, -0.1) is 23.7 Å². The molecule has 3 aromatic rings. The van der Waals surface area contributed by atoms with Gasteiger partial charge in [-0.25, -0.2) is 9.97 Å². The molecule has 25 heavy (non-hydrogen) atoms. The summed E-state index contributed by atoms with van der Waals surface area (Å²) in [7, 11) is 2.06. The van der Waals surface area contributed by atoms with E-state index in [9.17, 15) is 0 Å². The molecule has 0 bridgehead atoms. The first-order valence-electron chi connectivity index (χ1n) is 8.09. The summed E-state index contributed by atoms with van der Waals surface area (Å²) in [5, 5.41) is 4.46. The van der Waals surface area contributed by atoms with E-state index in [0.29, 0.717) is 6.04 Å². The first-order chi connectivity index (χ1) is 11.8. The Morgan fingerprint density at radius 2 is 2.16 bits per heavy atom. The van der Waals surface area contributed by atoms with E-state index in [0.717, 1.165) is 42.7 Å². The molecule has 132 valence electrons. The molecule has 0 radical (unpaired) electrons. The highest BCUT2D eigenvalue weighted by atomic mass is 35.5. The fraction of sp³-hybridized carbons (Fsp3) is 0.353. The quantitative estimate of drug-likeness (QED) is 0.758. The Morgan fingerprint density at radius 1 is 1.24 bits per heavy atom. The van der Waals surface area contributed by atoms with Crippen LogP contribution in [0.15, 0.2) is 43.0 Å². The van der Waals surface area contributed by atoms with Gasteiger partial charge in [0, 0.05) is 62.9 Å². The number of nitrogens with one attached hydrogen (secondary N) is 1. The molecule has 1 unspecified atom stereocenters. The summed E-state index contributed by atoms with van der Waals surface area (Å²) in [4.78, 5) is 17.2. The van der Waals surface area contributed by atoms with Crippen molar-refractivity contribution < 1.29 is 0 Å². The Bertz CT molecular complexity index is 802. The topological polar surface area (TPSA) is 58.9 Å². The summed E-state index contributed by atoms with van der Waals surface area (Å²) in [6.45, 7) is 3.83. The van der Waals surface area contributed by atoms with E-state index >= 15 is 0 Å². The van der Waals surface area contributed by atoms with Crippen LogP contribution in [-0.4, -0.2) is 44.1 Å². The second kappa shape index (κ2) is 8.05. The van der Waals surface area contributed by atoms with Crippen molar-refractivity contribution in [2.45, 2.75) is 12.6 Å². The molecule has 1 atom stereocenters. The van der Waals surface area contributed by atoms with Crippen molar-refractivity contribution >= 4 is 23.7 Å². The lowest BCUT2D eigenvalue weighted by molar-refractivity contribution is 0.146. The van der Waals surface area contributed by atoms with Crippen molar-refractivity contribution in [1.82, 2.24) is 29.7 Å². The fourth-order valence-corrected chi connectivity index (χ4v) is 3.99. The van der Waals surface area contributed by atoms with Crippen LogP contribution in [0.1, 0.15) is 16.7 Å². The van der Waals surface area contributed by atoms with Crippen LogP contribution < -0.4 is 5.32 Å². The summed E-state index contributed by atoms with van der Waals surface area (Å²) in [6, 6.07) is 6.22. The smallest absolute Gasteiger partial charge is 0.142 e. The van der Waals surface area contributed by atoms with Crippen LogP contribution in [-0.2, 0) is 13.6 Å². The molecule has 1 saturated heterocycles. The maximum atomic E-state index is 4.55. The standard InChI is InChI=1S/C17H20N6S.ClH/c1-22-8-7-20-16(22)15-11-18-6-9-23(15)12-13-10-21-17(24-13)14-4-2-3-5-19-14;/h2-5,7-8,10,15,18H,6,9,11-12H2,1H3;1H. The molecule has 0 spiro atoms. The minimum absolute atomic E-state index is 0. The first kappa shape index (κ1) is 18.0. The Morgan fingerprint density at radius 3 is 2.92 bits per heavy atom. The Hall–Kier alpha value is -1.80. The highest BCUT2D eigenvalue weighted by Gasteiger charge is 2.27. The Labute approximate surface area is 157 Å². The van der Waals surface area contributed by atoms with Crippen LogP contribution in [0.25, 0.3) is 10.7 Å². The maximum absolute atomic E-state index is 4.55. The minimum Gasteiger partial charge on any atom is -0.337 e. The van der Waals surface area contributed by atoms with E-state index in [-0.39, 0.29) is 12.4 Å². The van der Waals surface area contributed by atoms with Crippen LogP contribution >= 0.6 is 23.7 Å². The number of thiazole rings is 1. The zero-order valence-corrected chi connectivity index (χ0v) is 15.6. The SMILES string of the molecule is Cl.Cn1ccnc1C1CNCCN1Cc1cnc(-c2ccccn2)s1. The molecule has 0 saturated carbocycles. The number of hydrogen-bond donors (Lipinski definition) is 1. The zero-order valence-electron chi connectivity index (χ0n) is 14.0. The summed E-state index contributed by atoms with van der Waals surface area (Å²) < 4.78 is 2.11. The largest absolute Gasteiger partial charge is 0.337 e. The molecule has 1 fully saturated rings. The molecule has 8 heteroatoms. The Balaban J connectivity index is 0.00000182. The first-order valence-corrected chi connectivity index (χ1v) is 8.91. The summed E-state index contributed by atoms with van der Waals surface area (Å²) in [5.41, 5.74) is 0.940. The predicted molar refractivity (Wildman–Crippen MR) is 102 cm³/mol. The van der Waals surface area contributed by atoms with Gasteiger partial charge in [-0.05, 0) is 12.1 Å². The second-order valence-corrected chi connectivity index (χ2v) is 7.05. The van der Waals surface area contributed by atoms with Crippen molar-refractivity contribution in [3.8, 4) is 10.7 Å². The van der Waals surface area contributed by atoms with Gasteiger partial charge >= 0.3 is 0 Å². The zero-order chi connectivity index (χ0) is 16.4. The molecule has 0 aromatic carbocycles. The van der Waals surface area contributed by atoms with Gasteiger partial charge in [0.15, 0.2) is 0 Å². The van der Waals surface area contributed by atoms with E-state index in [1.165, 1.54) is 4.88 Å². The van der Waals surface area contributed by atoms with E-state index in [2.05, 4.69) is 36.8 Å². The van der Waals surface area contributed by atoms with Gasteiger partial charge in [0.1, 0.15) is 10.8 Å². The number of halogens is 1. The molecule has 1 N–H and O–H groups in total. The molecular weight excluding hydrogens is 356 g/mol. The van der Waals surface area contributed by atoms with Gasteiger partial charge in [-0.2, -0.15) is 0 Å². The number of imidazole rings is 1. The van der Waals surface area contributed by atoms with Crippen molar-refractivity contribution in [3.63, 3.8) is 0 Å².